The summed E-state index contributed by atoms with van der Waals surface area (Å²) in [6.45, 7) is 1.98. The molecule has 0 spiro atoms. The summed E-state index contributed by atoms with van der Waals surface area (Å²) in [6.07, 6.45) is -1.41. The van der Waals surface area contributed by atoms with Gasteiger partial charge in [-0.3, -0.25) is 19.7 Å². The zero-order valence-corrected chi connectivity index (χ0v) is 18.1. The predicted molar refractivity (Wildman–Crippen MR) is 118 cm³/mol. The van der Waals surface area contributed by atoms with Gasteiger partial charge in [-0.05, 0) is 37.3 Å². The lowest BCUT2D eigenvalue weighted by Crippen LogP contribution is -2.72. The molecule has 2 heterocycles. The van der Waals surface area contributed by atoms with Gasteiger partial charge in [-0.1, -0.05) is 40.9 Å². The molecule has 2 aliphatic rings. The molecule has 0 bridgehead atoms. The molecular weight excluding hydrogens is 441 g/mol. The number of nitrogens with one attached hydrogen (secondary N) is 5. The highest BCUT2D eigenvalue weighted by Gasteiger charge is 2.48. The molecule has 0 radical (unpaired) electrons. The van der Waals surface area contributed by atoms with Crippen LogP contribution in [0.1, 0.15) is 12.0 Å². The average Bonchev–Trinajstić information content (AvgIpc) is 2.71. The van der Waals surface area contributed by atoms with Crippen LogP contribution in [0.2, 0.25) is 10.0 Å². The van der Waals surface area contributed by atoms with E-state index in [1.807, 2.05) is 31.2 Å². The van der Waals surface area contributed by atoms with Crippen LogP contribution in [0.15, 0.2) is 42.5 Å². The number of aryl methyl sites for hydroxylation is 1. The molecule has 2 aromatic rings. The lowest BCUT2D eigenvalue weighted by molar-refractivity contribution is -0.144. The average molecular weight is 462 g/mol. The van der Waals surface area contributed by atoms with Crippen LogP contribution in [-0.4, -0.2) is 30.2 Å². The summed E-state index contributed by atoms with van der Waals surface area (Å²) in [5.41, 5.74) is 2.28. The normalized spacial score (nSPS) is 25.1. The van der Waals surface area contributed by atoms with E-state index < -0.39 is 30.2 Å². The fourth-order valence-electron chi connectivity index (χ4n) is 3.79. The largest absolute Gasteiger partial charge is 0.353 e. The number of halogens is 2. The Morgan fingerprint density at radius 3 is 2.52 bits per heavy atom. The van der Waals surface area contributed by atoms with Crippen LogP contribution in [-0.2, 0) is 14.4 Å². The maximum absolute atomic E-state index is 12.9. The van der Waals surface area contributed by atoms with Crippen molar-refractivity contribution in [2.75, 3.05) is 10.6 Å². The number of rotatable bonds is 4. The third-order valence-corrected chi connectivity index (χ3v) is 5.89. The number of piperidine rings is 1. The van der Waals surface area contributed by atoms with Gasteiger partial charge in [0.15, 0.2) is 6.29 Å². The molecule has 2 aliphatic heterocycles. The second-order valence-electron chi connectivity index (χ2n) is 7.61. The molecule has 3 amide bonds. The van der Waals surface area contributed by atoms with E-state index in [1.54, 1.807) is 12.1 Å². The quantitative estimate of drug-likeness (QED) is 0.480. The van der Waals surface area contributed by atoms with E-state index in [9.17, 15) is 14.4 Å². The fourth-order valence-corrected chi connectivity index (χ4v) is 4.24. The minimum Gasteiger partial charge on any atom is -0.353 e. The van der Waals surface area contributed by atoms with Crippen molar-refractivity contribution in [3.05, 3.63) is 58.1 Å². The van der Waals surface area contributed by atoms with Crippen molar-refractivity contribution in [3.63, 3.8) is 0 Å². The molecule has 2 saturated heterocycles. The first-order valence-electron chi connectivity index (χ1n) is 9.75. The third kappa shape index (κ3) is 4.76. The van der Waals surface area contributed by atoms with Crippen LogP contribution in [0.25, 0.3) is 0 Å². The van der Waals surface area contributed by atoms with E-state index in [0.29, 0.717) is 10.7 Å². The Labute approximate surface area is 189 Å². The topological polar surface area (TPSA) is 111 Å². The van der Waals surface area contributed by atoms with Crippen LogP contribution < -0.4 is 26.6 Å². The molecule has 162 valence electrons. The summed E-state index contributed by atoms with van der Waals surface area (Å²) in [4.78, 5) is 38.1. The maximum Gasteiger partial charge on any atom is 0.229 e. The molecule has 0 aliphatic carbocycles. The van der Waals surface area contributed by atoms with Crippen LogP contribution in [0, 0.1) is 18.8 Å². The van der Waals surface area contributed by atoms with E-state index in [4.69, 9.17) is 23.2 Å². The molecule has 2 fully saturated rings. The highest BCUT2D eigenvalue weighted by molar-refractivity contribution is 6.36. The Balaban J connectivity index is 1.48. The maximum atomic E-state index is 12.9. The van der Waals surface area contributed by atoms with E-state index >= 15 is 0 Å². The smallest absolute Gasteiger partial charge is 0.229 e. The molecular formula is C21H21Cl2N5O3. The molecule has 4 unspecified atom stereocenters. The molecule has 0 aromatic heterocycles. The van der Waals surface area contributed by atoms with Gasteiger partial charge in [-0.25, -0.2) is 0 Å². The Hall–Kier alpha value is -2.81. The molecule has 4 rings (SSSR count). The highest BCUT2D eigenvalue weighted by Crippen LogP contribution is 2.30. The zero-order valence-electron chi connectivity index (χ0n) is 16.5. The van der Waals surface area contributed by atoms with Crippen LogP contribution in [0.3, 0.4) is 0 Å². The van der Waals surface area contributed by atoms with Crippen molar-refractivity contribution in [1.82, 2.24) is 16.0 Å². The summed E-state index contributed by atoms with van der Waals surface area (Å²) in [7, 11) is 0. The second kappa shape index (κ2) is 8.74. The fraction of sp³-hybridized carbons (Fsp3) is 0.286. The molecule has 0 saturated carbocycles. The zero-order chi connectivity index (χ0) is 22.1. The Morgan fingerprint density at radius 1 is 1.06 bits per heavy atom. The second-order valence-corrected chi connectivity index (χ2v) is 8.46. The molecule has 31 heavy (non-hydrogen) atoms. The first-order chi connectivity index (χ1) is 14.8. The number of anilines is 2. The lowest BCUT2D eigenvalue weighted by atomic mass is 9.81. The first kappa shape index (κ1) is 21.4. The number of carbonyl (C=O) groups excluding carboxylic acids is 3. The van der Waals surface area contributed by atoms with Gasteiger partial charge >= 0.3 is 0 Å². The first-order valence-corrected chi connectivity index (χ1v) is 10.5. The number of amides is 3. The van der Waals surface area contributed by atoms with Gasteiger partial charge in [0.25, 0.3) is 0 Å². The predicted octanol–water partition coefficient (Wildman–Crippen LogP) is 2.43. The number of benzene rings is 2. The van der Waals surface area contributed by atoms with E-state index in [2.05, 4.69) is 26.6 Å². The molecule has 2 aromatic carbocycles. The highest BCUT2D eigenvalue weighted by atomic mass is 35.5. The minimum absolute atomic E-state index is 0.108. The van der Waals surface area contributed by atoms with Crippen LogP contribution in [0.5, 0.6) is 0 Å². The summed E-state index contributed by atoms with van der Waals surface area (Å²) in [6, 6.07) is 12.3. The SMILES string of the molecule is Cc1ccc(NC2NC(=O)C3C(NC(=O)CC3C(=O)Nc3ccc(Cl)cc3Cl)N2)cc1. The van der Waals surface area contributed by atoms with Crippen molar-refractivity contribution in [1.29, 1.82) is 0 Å². The molecule has 8 nitrogen and oxygen atoms in total. The van der Waals surface area contributed by atoms with Crippen molar-refractivity contribution >= 4 is 52.3 Å². The van der Waals surface area contributed by atoms with Crippen LogP contribution >= 0.6 is 23.2 Å². The Morgan fingerprint density at radius 2 is 1.81 bits per heavy atom. The van der Waals surface area contributed by atoms with Gasteiger partial charge in [0.05, 0.1) is 28.7 Å². The van der Waals surface area contributed by atoms with E-state index in [0.717, 1.165) is 11.3 Å². The summed E-state index contributed by atoms with van der Waals surface area (Å²) < 4.78 is 0. The van der Waals surface area contributed by atoms with E-state index in [1.165, 1.54) is 6.07 Å². The summed E-state index contributed by atoms with van der Waals surface area (Å²) in [5.74, 6) is -2.76. The van der Waals surface area contributed by atoms with E-state index in [-0.39, 0.29) is 23.3 Å². The lowest BCUT2D eigenvalue weighted by Gasteiger charge is -2.43. The Bertz CT molecular complexity index is 1030. The summed E-state index contributed by atoms with van der Waals surface area (Å²) in [5, 5.41) is 15.3. The minimum atomic E-state index is -0.863. The van der Waals surface area contributed by atoms with Gasteiger partial charge in [0.2, 0.25) is 17.7 Å². The van der Waals surface area contributed by atoms with Crippen LogP contribution in [0.4, 0.5) is 11.4 Å². The molecule has 10 heteroatoms. The van der Waals surface area contributed by atoms with Gasteiger partial charge in [-0.15, -0.1) is 0 Å². The van der Waals surface area contributed by atoms with Crippen molar-refractivity contribution in [2.24, 2.45) is 11.8 Å². The number of hydrogen-bond acceptors (Lipinski definition) is 5. The number of fused-ring (bicyclic) bond motifs is 1. The van der Waals surface area contributed by atoms with Gasteiger partial charge in [0.1, 0.15) is 0 Å². The molecule has 5 N–H and O–H groups in total. The monoisotopic (exact) mass is 461 g/mol. The van der Waals surface area contributed by atoms with Gasteiger partial charge in [-0.2, -0.15) is 0 Å². The third-order valence-electron chi connectivity index (χ3n) is 5.34. The Kier molecular flexibility index (Phi) is 6.04. The standard InChI is InChI=1S/C21H21Cl2N5O3/c1-10-2-5-12(6-3-10)24-21-27-18-17(20(31)28-21)13(9-16(29)26-18)19(30)25-15-7-4-11(22)8-14(15)23/h2-8,13,17-18,21,24,27H,9H2,1H3,(H,25,30)(H,26,29)(H,28,31). The van der Waals surface area contributed by atoms with Crippen molar-refractivity contribution < 1.29 is 14.4 Å². The van der Waals surface area contributed by atoms with Gasteiger partial charge in [0, 0.05) is 17.1 Å². The van der Waals surface area contributed by atoms with Gasteiger partial charge < -0.3 is 21.3 Å². The van der Waals surface area contributed by atoms with Crippen molar-refractivity contribution in [3.8, 4) is 0 Å². The number of hydrogen-bond donors (Lipinski definition) is 5. The summed E-state index contributed by atoms with van der Waals surface area (Å²) >= 11 is 12.0. The molecule has 4 atom stereocenters. The number of carbonyl (C=O) groups is 3. The van der Waals surface area contributed by atoms with Crippen molar-refractivity contribution in [2.45, 2.75) is 25.8 Å².